The van der Waals surface area contributed by atoms with Crippen molar-refractivity contribution in [2.75, 3.05) is 41.4 Å². The lowest BCUT2D eigenvalue weighted by Gasteiger charge is -2.34. The van der Waals surface area contributed by atoms with Crippen molar-refractivity contribution in [3.05, 3.63) is 53.3 Å². The largest absolute Gasteiger partial charge is 0.485 e. The highest BCUT2D eigenvalue weighted by molar-refractivity contribution is 6.30. The Kier molecular flexibility index (Phi) is 6.27. The van der Waals surface area contributed by atoms with Gasteiger partial charge in [0.1, 0.15) is 18.8 Å². The third-order valence-electron chi connectivity index (χ3n) is 5.91. The summed E-state index contributed by atoms with van der Waals surface area (Å²) in [5.74, 6) is 1.90. The summed E-state index contributed by atoms with van der Waals surface area (Å²) < 4.78 is 20.8. The number of halogens is 2. The summed E-state index contributed by atoms with van der Waals surface area (Å²) in [5.41, 5.74) is 1.03. The van der Waals surface area contributed by atoms with Crippen LogP contribution in [-0.2, 0) is 6.42 Å². The van der Waals surface area contributed by atoms with Gasteiger partial charge in [0.05, 0.1) is 42.1 Å². The SMILES string of the molecule is N#CCc1ccc(N2CCOc3c(NC4CCN(c5ncc(Cl)cn5)CC4)ncnc32)c(F)c1. The fourth-order valence-corrected chi connectivity index (χ4v) is 4.33. The number of fused-ring (bicyclic) bond motifs is 1. The minimum absolute atomic E-state index is 0.163. The van der Waals surface area contributed by atoms with Crippen LogP contribution in [0.3, 0.4) is 0 Å². The van der Waals surface area contributed by atoms with E-state index in [-0.39, 0.29) is 12.5 Å². The van der Waals surface area contributed by atoms with E-state index in [1.807, 2.05) is 6.07 Å². The van der Waals surface area contributed by atoms with Gasteiger partial charge in [0.2, 0.25) is 11.7 Å². The lowest BCUT2D eigenvalue weighted by Crippen LogP contribution is -2.40. The number of nitrogens with zero attached hydrogens (tertiary/aromatic N) is 7. The molecule has 0 atom stereocenters. The van der Waals surface area contributed by atoms with E-state index in [2.05, 4.69) is 30.2 Å². The second-order valence-corrected chi connectivity index (χ2v) is 8.54. The zero-order valence-corrected chi connectivity index (χ0v) is 19.0. The van der Waals surface area contributed by atoms with Crippen LogP contribution in [0.4, 0.5) is 27.7 Å². The number of aromatic nitrogens is 4. The third-order valence-corrected chi connectivity index (χ3v) is 6.11. The molecule has 0 unspecified atom stereocenters. The van der Waals surface area contributed by atoms with E-state index in [1.54, 1.807) is 29.4 Å². The molecule has 0 radical (unpaired) electrons. The summed E-state index contributed by atoms with van der Waals surface area (Å²) in [4.78, 5) is 21.3. The summed E-state index contributed by atoms with van der Waals surface area (Å²) in [6.45, 7) is 2.41. The van der Waals surface area contributed by atoms with Gasteiger partial charge in [0, 0.05) is 19.1 Å². The molecule has 2 aromatic heterocycles. The molecule has 11 heteroatoms. The van der Waals surface area contributed by atoms with E-state index >= 15 is 0 Å². The number of anilines is 4. The Balaban J connectivity index is 1.31. The van der Waals surface area contributed by atoms with Gasteiger partial charge in [-0.3, -0.25) is 0 Å². The molecule has 4 heterocycles. The number of benzene rings is 1. The van der Waals surface area contributed by atoms with Gasteiger partial charge < -0.3 is 19.9 Å². The Labute approximate surface area is 201 Å². The van der Waals surface area contributed by atoms with Crippen LogP contribution in [0.2, 0.25) is 5.02 Å². The maximum atomic E-state index is 14.9. The average molecular weight is 481 g/mol. The summed E-state index contributed by atoms with van der Waals surface area (Å²) in [5, 5.41) is 12.9. The number of nitriles is 1. The normalized spacial score (nSPS) is 15.9. The number of piperidine rings is 1. The maximum Gasteiger partial charge on any atom is 0.225 e. The maximum absolute atomic E-state index is 14.9. The molecule has 1 aromatic carbocycles. The average Bonchev–Trinajstić information content (AvgIpc) is 2.85. The van der Waals surface area contributed by atoms with Crippen molar-refractivity contribution in [1.82, 2.24) is 19.9 Å². The molecule has 9 nitrogen and oxygen atoms in total. The number of rotatable bonds is 5. The van der Waals surface area contributed by atoms with Gasteiger partial charge in [-0.2, -0.15) is 5.26 Å². The van der Waals surface area contributed by atoms with Crippen molar-refractivity contribution in [2.24, 2.45) is 0 Å². The minimum Gasteiger partial charge on any atom is -0.485 e. The van der Waals surface area contributed by atoms with E-state index in [4.69, 9.17) is 21.6 Å². The smallest absolute Gasteiger partial charge is 0.225 e. The topological polar surface area (TPSA) is 103 Å². The fourth-order valence-electron chi connectivity index (χ4n) is 4.23. The molecule has 1 saturated heterocycles. The molecule has 1 fully saturated rings. The van der Waals surface area contributed by atoms with Crippen LogP contribution < -0.4 is 19.9 Å². The lowest BCUT2D eigenvalue weighted by atomic mass is 10.1. The molecule has 34 heavy (non-hydrogen) atoms. The number of hydrogen-bond donors (Lipinski definition) is 1. The fraction of sp³-hybridized carbons (Fsp3) is 0.348. The lowest BCUT2D eigenvalue weighted by molar-refractivity contribution is 0.311. The highest BCUT2D eigenvalue weighted by Gasteiger charge is 2.28. The Morgan fingerprint density at radius 2 is 1.94 bits per heavy atom. The van der Waals surface area contributed by atoms with Gasteiger partial charge in [0.15, 0.2) is 11.6 Å². The van der Waals surface area contributed by atoms with Crippen molar-refractivity contribution < 1.29 is 9.13 Å². The molecule has 5 rings (SSSR count). The highest BCUT2D eigenvalue weighted by Crippen LogP contribution is 2.40. The van der Waals surface area contributed by atoms with Crippen LogP contribution >= 0.6 is 11.6 Å². The van der Waals surface area contributed by atoms with Crippen LogP contribution in [-0.4, -0.2) is 52.2 Å². The molecule has 174 valence electrons. The van der Waals surface area contributed by atoms with Gasteiger partial charge >= 0.3 is 0 Å². The highest BCUT2D eigenvalue weighted by atomic mass is 35.5. The van der Waals surface area contributed by atoms with Crippen LogP contribution in [0, 0.1) is 17.1 Å². The Bertz CT molecular complexity index is 1210. The predicted octanol–water partition coefficient (Wildman–Crippen LogP) is 3.74. The first kappa shape index (κ1) is 22.1. The van der Waals surface area contributed by atoms with Crippen molar-refractivity contribution in [3.63, 3.8) is 0 Å². The van der Waals surface area contributed by atoms with Crippen LogP contribution in [0.15, 0.2) is 36.9 Å². The second kappa shape index (κ2) is 9.65. The molecule has 2 aliphatic rings. The molecule has 1 N–H and O–H groups in total. The van der Waals surface area contributed by atoms with Gasteiger partial charge in [-0.15, -0.1) is 0 Å². The van der Waals surface area contributed by atoms with E-state index < -0.39 is 5.82 Å². The number of ether oxygens (including phenoxy) is 1. The van der Waals surface area contributed by atoms with Gasteiger partial charge in [0.25, 0.3) is 0 Å². The summed E-state index contributed by atoms with van der Waals surface area (Å²) in [6, 6.07) is 7.06. The van der Waals surface area contributed by atoms with Gasteiger partial charge in [-0.25, -0.2) is 24.3 Å². The Hall–Kier alpha value is -3.71. The molecule has 2 aliphatic heterocycles. The molecule has 0 spiro atoms. The molecular formula is C23H22ClFN8O. The van der Waals surface area contributed by atoms with Gasteiger partial charge in [-0.1, -0.05) is 17.7 Å². The molecule has 0 amide bonds. The first-order chi connectivity index (χ1) is 16.6. The van der Waals surface area contributed by atoms with Crippen LogP contribution in [0.5, 0.6) is 5.75 Å². The number of hydrogen-bond acceptors (Lipinski definition) is 9. The summed E-state index contributed by atoms with van der Waals surface area (Å²) in [7, 11) is 0. The first-order valence-corrected chi connectivity index (χ1v) is 11.4. The quantitative estimate of drug-likeness (QED) is 0.584. The molecule has 3 aromatic rings. The van der Waals surface area contributed by atoms with Crippen molar-refractivity contribution >= 4 is 34.9 Å². The van der Waals surface area contributed by atoms with Crippen molar-refractivity contribution in [2.45, 2.75) is 25.3 Å². The van der Waals surface area contributed by atoms with Gasteiger partial charge in [-0.05, 0) is 30.5 Å². The zero-order valence-electron chi connectivity index (χ0n) is 18.3. The zero-order chi connectivity index (χ0) is 23.5. The Morgan fingerprint density at radius 3 is 2.68 bits per heavy atom. The standard InChI is InChI=1S/C23H22ClFN8O/c24-16-12-27-23(28-13-16)32-7-4-17(5-8-32)31-21-20-22(30-14-29-21)33(9-10-34-20)19-2-1-15(3-6-26)11-18(19)25/h1-2,11-14,17H,3-5,7-10H2,(H,29,30,31). The summed E-state index contributed by atoms with van der Waals surface area (Å²) >= 11 is 5.89. The number of nitrogens with one attached hydrogen (secondary N) is 1. The van der Waals surface area contributed by atoms with Crippen LogP contribution in [0.25, 0.3) is 0 Å². The molecule has 0 saturated carbocycles. The van der Waals surface area contributed by atoms with Crippen molar-refractivity contribution in [1.29, 1.82) is 5.26 Å². The third kappa shape index (κ3) is 4.52. The monoisotopic (exact) mass is 480 g/mol. The molecular weight excluding hydrogens is 459 g/mol. The van der Waals surface area contributed by atoms with E-state index in [1.165, 1.54) is 12.4 Å². The van der Waals surface area contributed by atoms with E-state index in [9.17, 15) is 4.39 Å². The minimum atomic E-state index is -0.398. The molecule has 0 aliphatic carbocycles. The second-order valence-electron chi connectivity index (χ2n) is 8.10. The first-order valence-electron chi connectivity index (χ1n) is 11.0. The van der Waals surface area contributed by atoms with Crippen LogP contribution in [0.1, 0.15) is 18.4 Å². The van der Waals surface area contributed by atoms with E-state index in [0.29, 0.717) is 52.8 Å². The predicted molar refractivity (Wildman–Crippen MR) is 126 cm³/mol. The summed E-state index contributed by atoms with van der Waals surface area (Å²) in [6.07, 6.45) is 6.55. The Morgan fingerprint density at radius 1 is 1.15 bits per heavy atom. The molecule has 0 bridgehead atoms. The van der Waals surface area contributed by atoms with Crippen molar-refractivity contribution in [3.8, 4) is 11.8 Å². The van der Waals surface area contributed by atoms with E-state index in [0.717, 1.165) is 25.9 Å².